The number of thiophene rings is 1. The molecule has 1 nitrogen and oxygen atoms in total. The Bertz CT molecular complexity index is 2520. The molecule has 0 aliphatic heterocycles. The van der Waals surface area contributed by atoms with Gasteiger partial charge < -0.3 is 4.90 Å². The molecule has 0 aliphatic rings. The van der Waals surface area contributed by atoms with Crippen LogP contribution in [0.2, 0.25) is 0 Å². The smallest absolute Gasteiger partial charge is 0.0555 e. The van der Waals surface area contributed by atoms with Crippen molar-refractivity contribution in [3.8, 4) is 33.4 Å². The molecular weight excluding hydrogens is 599 g/mol. The van der Waals surface area contributed by atoms with Gasteiger partial charge in [-0.3, -0.25) is 0 Å². The van der Waals surface area contributed by atoms with E-state index in [1.54, 1.807) is 0 Å². The topological polar surface area (TPSA) is 3.24 Å². The first-order chi connectivity index (χ1) is 23.8. The second kappa shape index (κ2) is 12.0. The molecule has 0 atom stereocenters. The predicted molar refractivity (Wildman–Crippen MR) is 208 cm³/mol. The summed E-state index contributed by atoms with van der Waals surface area (Å²) in [5.74, 6) is 0. The number of fused-ring (bicyclic) bond motifs is 5. The highest BCUT2D eigenvalue weighted by atomic mass is 32.1. The van der Waals surface area contributed by atoms with E-state index in [9.17, 15) is 0 Å². The van der Waals surface area contributed by atoms with Crippen LogP contribution >= 0.6 is 11.3 Å². The van der Waals surface area contributed by atoms with Gasteiger partial charge in [-0.15, -0.1) is 11.3 Å². The fraction of sp³-hybridized carbons (Fsp3) is 0. The summed E-state index contributed by atoms with van der Waals surface area (Å²) in [7, 11) is 0. The van der Waals surface area contributed by atoms with Gasteiger partial charge >= 0.3 is 0 Å². The molecule has 226 valence electrons. The van der Waals surface area contributed by atoms with Crippen LogP contribution in [0, 0.1) is 0 Å². The highest BCUT2D eigenvalue weighted by Crippen LogP contribution is 2.49. The number of benzene rings is 8. The SMILES string of the molecule is c1ccc(-c2ccc(-c3ccc(N(c4ccccc4)c4ccc(-c5ccccc5)cc4)c4c3sc3c5ccccc5ccc34)cc2)cc1. The average molecular weight is 630 g/mol. The van der Waals surface area contributed by atoms with Gasteiger partial charge in [0.1, 0.15) is 0 Å². The van der Waals surface area contributed by atoms with Gasteiger partial charge in [0.25, 0.3) is 0 Å². The zero-order valence-electron chi connectivity index (χ0n) is 26.3. The minimum atomic E-state index is 1.13. The Hall–Kier alpha value is -5.96. The second-order valence-electron chi connectivity index (χ2n) is 12.1. The number of hydrogen-bond donors (Lipinski definition) is 0. The second-order valence-corrected chi connectivity index (χ2v) is 13.1. The molecule has 48 heavy (non-hydrogen) atoms. The maximum Gasteiger partial charge on any atom is 0.0555 e. The summed E-state index contributed by atoms with van der Waals surface area (Å²) in [6.45, 7) is 0. The fourth-order valence-electron chi connectivity index (χ4n) is 6.91. The molecule has 9 rings (SSSR count). The molecule has 0 saturated heterocycles. The van der Waals surface area contributed by atoms with Gasteiger partial charge in [0.15, 0.2) is 0 Å². The maximum absolute atomic E-state index is 2.42. The summed E-state index contributed by atoms with van der Waals surface area (Å²) in [4.78, 5) is 2.42. The van der Waals surface area contributed by atoms with Crippen molar-refractivity contribution in [1.29, 1.82) is 0 Å². The third kappa shape index (κ3) is 4.95. The van der Waals surface area contributed by atoms with Crippen molar-refractivity contribution in [2.24, 2.45) is 0 Å². The molecule has 0 bridgehead atoms. The zero-order valence-corrected chi connectivity index (χ0v) is 27.1. The predicted octanol–water partition coefficient (Wildman–Crippen LogP) is 13.7. The number of hydrogen-bond acceptors (Lipinski definition) is 2. The Kier molecular flexibility index (Phi) is 7.07. The molecule has 1 heterocycles. The molecule has 0 unspecified atom stereocenters. The minimum absolute atomic E-state index is 1.13. The molecule has 0 fully saturated rings. The molecule has 9 aromatic rings. The summed E-state index contributed by atoms with van der Waals surface area (Å²) in [6, 6.07) is 68.0. The van der Waals surface area contributed by atoms with Crippen LogP contribution in [0.4, 0.5) is 17.1 Å². The summed E-state index contributed by atoms with van der Waals surface area (Å²) in [6.07, 6.45) is 0. The lowest BCUT2D eigenvalue weighted by Crippen LogP contribution is -2.10. The highest BCUT2D eigenvalue weighted by molar-refractivity contribution is 7.27. The Morgan fingerprint density at radius 3 is 1.52 bits per heavy atom. The molecule has 1 aromatic heterocycles. The highest BCUT2D eigenvalue weighted by Gasteiger charge is 2.22. The van der Waals surface area contributed by atoms with Crippen LogP contribution in [-0.2, 0) is 0 Å². The third-order valence-corrected chi connectivity index (χ3v) is 10.6. The summed E-state index contributed by atoms with van der Waals surface area (Å²) in [5.41, 5.74) is 10.8. The van der Waals surface area contributed by atoms with E-state index in [1.165, 1.54) is 70.0 Å². The van der Waals surface area contributed by atoms with Gasteiger partial charge in [0.2, 0.25) is 0 Å². The molecule has 0 amide bonds. The van der Waals surface area contributed by atoms with Gasteiger partial charge in [-0.05, 0) is 74.5 Å². The molecule has 8 aromatic carbocycles. The maximum atomic E-state index is 2.42. The van der Waals surface area contributed by atoms with Gasteiger partial charge in [0.05, 0.1) is 5.69 Å². The summed E-state index contributed by atoms with van der Waals surface area (Å²) in [5, 5.41) is 5.13. The van der Waals surface area contributed by atoms with Crippen LogP contribution in [0.3, 0.4) is 0 Å². The molecule has 0 spiro atoms. The normalized spacial score (nSPS) is 11.3. The lowest BCUT2D eigenvalue weighted by molar-refractivity contribution is 1.30. The lowest BCUT2D eigenvalue weighted by Gasteiger charge is -2.27. The van der Waals surface area contributed by atoms with Crippen LogP contribution in [0.25, 0.3) is 64.3 Å². The summed E-state index contributed by atoms with van der Waals surface area (Å²) >= 11 is 1.91. The van der Waals surface area contributed by atoms with Crippen molar-refractivity contribution >= 4 is 59.3 Å². The van der Waals surface area contributed by atoms with Crippen molar-refractivity contribution in [1.82, 2.24) is 0 Å². The van der Waals surface area contributed by atoms with E-state index in [2.05, 4.69) is 193 Å². The van der Waals surface area contributed by atoms with Gasteiger partial charge in [-0.2, -0.15) is 0 Å². The van der Waals surface area contributed by atoms with E-state index >= 15 is 0 Å². The van der Waals surface area contributed by atoms with E-state index in [1.807, 2.05) is 11.3 Å². The molecule has 0 N–H and O–H groups in total. The van der Waals surface area contributed by atoms with Crippen LogP contribution in [0.1, 0.15) is 0 Å². The van der Waals surface area contributed by atoms with Crippen molar-refractivity contribution in [3.63, 3.8) is 0 Å². The van der Waals surface area contributed by atoms with Crippen LogP contribution in [0.15, 0.2) is 188 Å². The Morgan fingerprint density at radius 2 is 0.854 bits per heavy atom. The lowest BCUT2D eigenvalue weighted by atomic mass is 9.97. The van der Waals surface area contributed by atoms with Gasteiger partial charge in [-0.25, -0.2) is 0 Å². The van der Waals surface area contributed by atoms with Crippen molar-refractivity contribution in [2.45, 2.75) is 0 Å². The van der Waals surface area contributed by atoms with E-state index in [-0.39, 0.29) is 0 Å². The minimum Gasteiger partial charge on any atom is -0.310 e. The van der Waals surface area contributed by atoms with Crippen LogP contribution in [0.5, 0.6) is 0 Å². The standard InChI is InChI=1S/C46H31NS/c1-4-12-32(13-5-1)34-20-22-37(23-21-34)41-30-31-43(44-42-29-26-36-16-10-11-19-40(36)45(42)48-46(41)44)47(38-17-8-3-9-18-38)39-27-24-35(25-28-39)33-14-6-2-7-15-33/h1-31H. The first-order valence-electron chi connectivity index (χ1n) is 16.4. The average Bonchev–Trinajstić information content (AvgIpc) is 3.57. The van der Waals surface area contributed by atoms with E-state index in [0.717, 1.165) is 11.4 Å². The number of anilines is 3. The van der Waals surface area contributed by atoms with Crippen LogP contribution < -0.4 is 4.90 Å². The monoisotopic (exact) mass is 629 g/mol. The molecule has 0 radical (unpaired) electrons. The molecule has 0 aliphatic carbocycles. The Balaban J connectivity index is 1.28. The zero-order chi connectivity index (χ0) is 31.9. The number of para-hydroxylation sites is 1. The van der Waals surface area contributed by atoms with E-state index < -0.39 is 0 Å². The van der Waals surface area contributed by atoms with Crippen molar-refractivity contribution in [3.05, 3.63) is 188 Å². The first-order valence-corrected chi connectivity index (χ1v) is 17.2. The number of rotatable bonds is 6. The van der Waals surface area contributed by atoms with Crippen molar-refractivity contribution in [2.75, 3.05) is 4.90 Å². The number of nitrogens with zero attached hydrogens (tertiary/aromatic N) is 1. The van der Waals surface area contributed by atoms with Crippen molar-refractivity contribution < 1.29 is 0 Å². The third-order valence-electron chi connectivity index (χ3n) is 9.28. The fourth-order valence-corrected chi connectivity index (χ4v) is 8.31. The van der Waals surface area contributed by atoms with E-state index in [0.29, 0.717) is 0 Å². The molecular formula is C46H31NS. The first kappa shape index (κ1) is 28.3. The van der Waals surface area contributed by atoms with Gasteiger partial charge in [0, 0.05) is 31.5 Å². The van der Waals surface area contributed by atoms with E-state index in [4.69, 9.17) is 0 Å². The van der Waals surface area contributed by atoms with Crippen LogP contribution in [-0.4, -0.2) is 0 Å². The van der Waals surface area contributed by atoms with Gasteiger partial charge in [-0.1, -0.05) is 158 Å². The quantitative estimate of drug-likeness (QED) is 0.177. The Morgan fingerprint density at radius 1 is 0.333 bits per heavy atom. The Labute approximate surface area is 284 Å². The largest absolute Gasteiger partial charge is 0.310 e. The summed E-state index contributed by atoms with van der Waals surface area (Å²) < 4.78 is 2.62. The molecule has 0 saturated carbocycles. The molecule has 2 heteroatoms.